The van der Waals surface area contributed by atoms with Crippen LogP contribution in [0, 0.1) is 0 Å². The number of aliphatic imine (C=N–C) groups is 1. The third kappa shape index (κ3) is 7.85. The first kappa shape index (κ1) is 23.5. The number of nitrogens with zero attached hydrogens (tertiary/aromatic N) is 3. The van der Waals surface area contributed by atoms with E-state index in [2.05, 4.69) is 57.5 Å². The molecule has 0 atom stereocenters. The summed E-state index contributed by atoms with van der Waals surface area (Å²) in [6.07, 6.45) is 2.32. The van der Waals surface area contributed by atoms with Crippen molar-refractivity contribution in [2.45, 2.75) is 25.5 Å². The Bertz CT molecular complexity index is 718. The van der Waals surface area contributed by atoms with Crippen LogP contribution < -0.4 is 10.1 Å². The molecule has 1 aliphatic rings. The van der Waals surface area contributed by atoms with E-state index in [1.165, 1.54) is 5.56 Å². The first-order valence-corrected chi connectivity index (χ1v) is 10.1. The maximum atomic E-state index is 6.09. The highest BCUT2D eigenvalue weighted by Gasteiger charge is 2.22. The van der Waals surface area contributed by atoms with Crippen LogP contribution in [0.2, 0.25) is 0 Å². The van der Waals surface area contributed by atoms with Gasteiger partial charge < -0.3 is 19.9 Å². The van der Waals surface area contributed by atoms with Crippen LogP contribution in [0.25, 0.3) is 0 Å². The Morgan fingerprint density at radius 1 is 1.07 bits per heavy atom. The summed E-state index contributed by atoms with van der Waals surface area (Å²) in [5.74, 6) is 1.95. The molecule has 3 rings (SSSR count). The Hall–Kier alpha value is -1.80. The third-order valence-electron chi connectivity index (χ3n) is 5.07. The second-order valence-corrected chi connectivity index (χ2v) is 7.31. The largest absolute Gasteiger partial charge is 0.490 e. The van der Waals surface area contributed by atoms with Crippen molar-refractivity contribution in [3.8, 4) is 5.75 Å². The number of likely N-dealkylation sites (tertiary alicyclic amines) is 1. The second-order valence-electron chi connectivity index (χ2n) is 7.31. The molecule has 0 bridgehead atoms. The molecule has 1 heterocycles. The van der Waals surface area contributed by atoms with Gasteiger partial charge in [-0.05, 0) is 24.7 Å². The van der Waals surface area contributed by atoms with Crippen LogP contribution in [-0.4, -0.2) is 62.1 Å². The lowest BCUT2D eigenvalue weighted by Crippen LogP contribution is -2.48. The Morgan fingerprint density at radius 3 is 2.31 bits per heavy atom. The summed E-state index contributed by atoms with van der Waals surface area (Å²) < 4.78 is 6.09. The Labute approximate surface area is 192 Å². The summed E-state index contributed by atoms with van der Waals surface area (Å²) in [5.41, 5.74) is 1.34. The predicted molar refractivity (Wildman–Crippen MR) is 131 cm³/mol. The summed E-state index contributed by atoms with van der Waals surface area (Å²) in [6, 6.07) is 20.7. The molecule has 5 nitrogen and oxygen atoms in total. The number of nitrogens with one attached hydrogen (secondary N) is 1. The van der Waals surface area contributed by atoms with Crippen molar-refractivity contribution >= 4 is 29.9 Å². The van der Waals surface area contributed by atoms with Gasteiger partial charge in [0, 0.05) is 52.6 Å². The normalized spacial score (nSPS) is 15.1. The van der Waals surface area contributed by atoms with Gasteiger partial charge in [-0.15, -0.1) is 24.0 Å². The van der Waals surface area contributed by atoms with Crippen molar-refractivity contribution in [2.24, 2.45) is 4.99 Å². The molecule has 29 heavy (non-hydrogen) atoms. The number of piperidine rings is 1. The van der Waals surface area contributed by atoms with Crippen molar-refractivity contribution in [3.63, 3.8) is 0 Å². The molecule has 0 aromatic heterocycles. The highest BCUT2D eigenvalue weighted by atomic mass is 127. The summed E-state index contributed by atoms with van der Waals surface area (Å²) in [5, 5.41) is 3.51. The minimum Gasteiger partial charge on any atom is -0.490 e. The molecule has 1 fully saturated rings. The zero-order valence-corrected chi connectivity index (χ0v) is 19.8. The van der Waals surface area contributed by atoms with Crippen molar-refractivity contribution in [1.82, 2.24) is 15.1 Å². The molecular formula is C23H33IN4O. The van der Waals surface area contributed by atoms with Crippen LogP contribution in [-0.2, 0) is 6.54 Å². The Morgan fingerprint density at radius 2 is 1.69 bits per heavy atom. The molecule has 1 aliphatic heterocycles. The molecule has 158 valence electrons. The zero-order chi connectivity index (χ0) is 19.6. The van der Waals surface area contributed by atoms with Crippen molar-refractivity contribution in [3.05, 3.63) is 66.2 Å². The number of guanidine groups is 1. The molecule has 1 N–H and O–H groups in total. The SMILES string of the molecule is CN=C(NCCN(C)Cc1ccccc1)N1CCC(Oc2ccccc2)CC1.I. The van der Waals surface area contributed by atoms with Gasteiger partial charge in [-0.2, -0.15) is 0 Å². The summed E-state index contributed by atoms with van der Waals surface area (Å²) in [4.78, 5) is 9.14. The van der Waals surface area contributed by atoms with E-state index in [0.29, 0.717) is 0 Å². The molecule has 1 saturated heterocycles. The van der Waals surface area contributed by atoms with Gasteiger partial charge in [0.15, 0.2) is 5.96 Å². The summed E-state index contributed by atoms with van der Waals surface area (Å²) in [7, 11) is 4.02. The topological polar surface area (TPSA) is 40.1 Å². The van der Waals surface area contributed by atoms with E-state index in [0.717, 1.165) is 57.3 Å². The monoisotopic (exact) mass is 508 g/mol. The van der Waals surface area contributed by atoms with Crippen LogP contribution in [0.15, 0.2) is 65.7 Å². The van der Waals surface area contributed by atoms with Gasteiger partial charge in [-0.25, -0.2) is 0 Å². The van der Waals surface area contributed by atoms with Gasteiger partial charge in [-0.1, -0.05) is 48.5 Å². The van der Waals surface area contributed by atoms with Gasteiger partial charge >= 0.3 is 0 Å². The maximum Gasteiger partial charge on any atom is 0.193 e. The number of halogens is 1. The number of ether oxygens (including phenoxy) is 1. The van der Waals surface area contributed by atoms with Crippen LogP contribution in [0.3, 0.4) is 0 Å². The number of rotatable bonds is 7. The second kappa shape index (κ2) is 12.7. The molecule has 0 aliphatic carbocycles. The maximum absolute atomic E-state index is 6.09. The first-order chi connectivity index (χ1) is 13.7. The zero-order valence-electron chi connectivity index (χ0n) is 17.5. The number of hydrogen-bond donors (Lipinski definition) is 1. The average Bonchev–Trinajstić information content (AvgIpc) is 2.73. The van der Waals surface area contributed by atoms with Crippen LogP contribution in [0.1, 0.15) is 18.4 Å². The smallest absolute Gasteiger partial charge is 0.193 e. The molecule has 0 saturated carbocycles. The van der Waals surface area contributed by atoms with E-state index in [1.54, 1.807) is 0 Å². The Kier molecular flexibility index (Phi) is 10.3. The summed E-state index contributed by atoms with van der Waals surface area (Å²) in [6.45, 7) is 4.76. The van der Waals surface area contributed by atoms with E-state index in [4.69, 9.17) is 4.74 Å². The van der Waals surface area contributed by atoms with Crippen molar-refractivity contribution in [2.75, 3.05) is 40.3 Å². The number of benzene rings is 2. The fourth-order valence-corrected chi connectivity index (χ4v) is 3.54. The van der Waals surface area contributed by atoms with Gasteiger partial charge in [0.25, 0.3) is 0 Å². The summed E-state index contributed by atoms with van der Waals surface area (Å²) >= 11 is 0. The first-order valence-electron chi connectivity index (χ1n) is 10.1. The Balaban J connectivity index is 0.00000300. The third-order valence-corrected chi connectivity index (χ3v) is 5.07. The lowest BCUT2D eigenvalue weighted by atomic mass is 10.1. The van der Waals surface area contributed by atoms with E-state index >= 15 is 0 Å². The predicted octanol–water partition coefficient (Wildman–Crippen LogP) is 3.86. The van der Waals surface area contributed by atoms with Crippen LogP contribution in [0.4, 0.5) is 0 Å². The van der Waals surface area contributed by atoms with Gasteiger partial charge in [-0.3, -0.25) is 4.99 Å². The fourth-order valence-electron chi connectivity index (χ4n) is 3.54. The minimum absolute atomic E-state index is 0. The van der Waals surface area contributed by atoms with Gasteiger partial charge in [0.2, 0.25) is 0 Å². The highest BCUT2D eigenvalue weighted by molar-refractivity contribution is 14.0. The quantitative estimate of drug-likeness (QED) is 0.351. The number of para-hydroxylation sites is 1. The lowest BCUT2D eigenvalue weighted by molar-refractivity contribution is 0.129. The molecule has 0 amide bonds. The number of likely N-dealkylation sites (N-methyl/N-ethyl adjacent to an activating group) is 1. The molecule has 2 aromatic rings. The standard InChI is InChI=1S/C23H32N4O.HI/c1-24-23(25-15-18-26(2)19-20-9-5-3-6-10-20)27-16-13-22(14-17-27)28-21-11-7-4-8-12-21;/h3-12,22H,13-19H2,1-2H3,(H,24,25);1H. The van der Waals surface area contributed by atoms with Gasteiger partial charge in [0.1, 0.15) is 11.9 Å². The van der Waals surface area contributed by atoms with Crippen LogP contribution >= 0.6 is 24.0 Å². The van der Waals surface area contributed by atoms with E-state index in [-0.39, 0.29) is 30.1 Å². The highest BCUT2D eigenvalue weighted by Crippen LogP contribution is 2.18. The number of hydrogen-bond acceptors (Lipinski definition) is 3. The molecule has 0 radical (unpaired) electrons. The fraction of sp³-hybridized carbons (Fsp3) is 0.435. The van der Waals surface area contributed by atoms with Crippen LogP contribution in [0.5, 0.6) is 5.75 Å². The van der Waals surface area contributed by atoms with Gasteiger partial charge in [0.05, 0.1) is 0 Å². The molecule has 6 heteroatoms. The minimum atomic E-state index is 0. The van der Waals surface area contributed by atoms with E-state index in [9.17, 15) is 0 Å². The molecule has 2 aromatic carbocycles. The lowest BCUT2D eigenvalue weighted by Gasteiger charge is -2.34. The van der Waals surface area contributed by atoms with E-state index < -0.39 is 0 Å². The molecule has 0 unspecified atom stereocenters. The average molecular weight is 508 g/mol. The van der Waals surface area contributed by atoms with E-state index in [1.807, 2.05) is 37.4 Å². The molecule has 0 spiro atoms. The molecular weight excluding hydrogens is 475 g/mol. The van der Waals surface area contributed by atoms with Crippen molar-refractivity contribution in [1.29, 1.82) is 0 Å². The van der Waals surface area contributed by atoms with Crippen molar-refractivity contribution < 1.29 is 4.74 Å².